The maximum absolute atomic E-state index is 5.88. The van der Waals surface area contributed by atoms with Crippen molar-refractivity contribution in [1.82, 2.24) is 5.32 Å². The van der Waals surface area contributed by atoms with Gasteiger partial charge in [-0.2, -0.15) is 0 Å². The Labute approximate surface area is 166 Å². The average Bonchev–Trinajstić information content (AvgIpc) is 3.05. The van der Waals surface area contributed by atoms with Gasteiger partial charge in [0, 0.05) is 37.7 Å². The predicted octanol–water partition coefficient (Wildman–Crippen LogP) is 3.51. The molecule has 0 aliphatic carbocycles. The molecule has 24 heavy (non-hydrogen) atoms. The number of halogens is 1. The number of hydrogen-bond donors (Lipinski definition) is 2. The summed E-state index contributed by atoms with van der Waals surface area (Å²) in [5.74, 6) is 0.546. The van der Waals surface area contributed by atoms with Gasteiger partial charge in [-0.3, -0.25) is 4.99 Å². The molecule has 0 aliphatic rings. The van der Waals surface area contributed by atoms with E-state index in [1.165, 1.54) is 16.1 Å². The molecule has 0 aliphatic heterocycles. The van der Waals surface area contributed by atoms with Gasteiger partial charge in [-0.15, -0.1) is 35.3 Å². The zero-order valence-corrected chi connectivity index (χ0v) is 17.5. The number of nitrogens with zero attached hydrogens (tertiary/aromatic N) is 2. The predicted molar refractivity (Wildman–Crippen MR) is 117 cm³/mol. The lowest BCUT2D eigenvalue weighted by Gasteiger charge is -2.12. The Balaban J connectivity index is 0.00000288. The van der Waals surface area contributed by atoms with Crippen LogP contribution in [0.5, 0.6) is 0 Å². The van der Waals surface area contributed by atoms with Crippen LogP contribution in [0.2, 0.25) is 0 Å². The minimum atomic E-state index is 0. The number of hydrogen-bond acceptors (Lipinski definition) is 3. The van der Waals surface area contributed by atoms with Crippen molar-refractivity contribution in [2.75, 3.05) is 32.1 Å². The number of nitrogens with one attached hydrogen (secondary N) is 1. The van der Waals surface area contributed by atoms with E-state index < -0.39 is 0 Å². The Morgan fingerprint density at radius 1 is 1.17 bits per heavy atom. The standard InChI is InChI=1S/C18H26N4S.HI/c1-22(2)16-9-7-15(8-10-16)5-3-12-20-18(19)21-13-11-17-6-4-14-23-17;/h4,6-10,14H,3,5,11-13H2,1-2H3,(H3,19,20,21);1H. The van der Waals surface area contributed by atoms with E-state index in [2.05, 4.69) is 71.1 Å². The fourth-order valence-electron chi connectivity index (χ4n) is 2.27. The lowest BCUT2D eigenvalue weighted by atomic mass is 10.1. The summed E-state index contributed by atoms with van der Waals surface area (Å²) in [6.07, 6.45) is 3.03. The first kappa shape index (κ1) is 20.8. The van der Waals surface area contributed by atoms with Crippen molar-refractivity contribution in [1.29, 1.82) is 0 Å². The second-order valence-electron chi connectivity index (χ2n) is 5.69. The molecule has 6 heteroatoms. The first-order chi connectivity index (χ1) is 11.1. The van der Waals surface area contributed by atoms with Crippen LogP contribution < -0.4 is 16.0 Å². The van der Waals surface area contributed by atoms with Crippen LogP contribution in [0.15, 0.2) is 46.8 Å². The van der Waals surface area contributed by atoms with E-state index >= 15 is 0 Å². The summed E-state index contributed by atoms with van der Waals surface area (Å²) >= 11 is 1.77. The largest absolute Gasteiger partial charge is 0.378 e. The van der Waals surface area contributed by atoms with Gasteiger partial charge in [-0.1, -0.05) is 18.2 Å². The van der Waals surface area contributed by atoms with Crippen molar-refractivity contribution >= 4 is 47.0 Å². The fraction of sp³-hybridized carbons (Fsp3) is 0.389. The number of aryl methyl sites for hydroxylation is 1. The Hall–Kier alpha value is -1.28. The number of nitrogens with two attached hydrogens (primary N) is 1. The van der Waals surface area contributed by atoms with Crippen LogP contribution in [-0.2, 0) is 12.8 Å². The van der Waals surface area contributed by atoms with Crippen molar-refractivity contribution in [3.63, 3.8) is 0 Å². The first-order valence-corrected chi connectivity index (χ1v) is 8.85. The molecule has 132 valence electrons. The van der Waals surface area contributed by atoms with Crippen molar-refractivity contribution in [3.05, 3.63) is 52.2 Å². The molecule has 0 atom stereocenters. The summed E-state index contributed by atoms with van der Waals surface area (Å²) in [6, 6.07) is 12.9. The van der Waals surface area contributed by atoms with Gasteiger partial charge in [0.1, 0.15) is 0 Å². The van der Waals surface area contributed by atoms with E-state index in [0.29, 0.717) is 5.96 Å². The molecular formula is C18H27IN4S. The maximum Gasteiger partial charge on any atom is 0.188 e. The highest BCUT2D eigenvalue weighted by Gasteiger charge is 1.98. The molecular weight excluding hydrogens is 431 g/mol. The zero-order valence-electron chi connectivity index (χ0n) is 14.4. The van der Waals surface area contributed by atoms with Gasteiger partial charge in [0.15, 0.2) is 5.96 Å². The third-order valence-electron chi connectivity index (χ3n) is 3.62. The van der Waals surface area contributed by atoms with Crippen molar-refractivity contribution in [2.45, 2.75) is 19.3 Å². The van der Waals surface area contributed by atoms with Gasteiger partial charge >= 0.3 is 0 Å². The van der Waals surface area contributed by atoms with Crippen LogP contribution in [0.1, 0.15) is 16.9 Å². The molecule has 2 rings (SSSR count). The molecule has 4 nitrogen and oxygen atoms in total. The Bertz CT molecular complexity index is 594. The van der Waals surface area contributed by atoms with Crippen molar-refractivity contribution < 1.29 is 0 Å². The first-order valence-electron chi connectivity index (χ1n) is 7.97. The zero-order chi connectivity index (χ0) is 16.5. The molecule has 0 saturated heterocycles. The minimum Gasteiger partial charge on any atom is -0.378 e. The summed E-state index contributed by atoms with van der Waals surface area (Å²) < 4.78 is 0. The fourth-order valence-corrected chi connectivity index (χ4v) is 2.98. The van der Waals surface area contributed by atoms with Gasteiger partial charge in [0.25, 0.3) is 0 Å². The molecule has 1 heterocycles. The summed E-state index contributed by atoms with van der Waals surface area (Å²) in [7, 11) is 4.11. The lowest BCUT2D eigenvalue weighted by Crippen LogP contribution is -2.33. The van der Waals surface area contributed by atoms with Crippen LogP contribution >= 0.6 is 35.3 Å². The van der Waals surface area contributed by atoms with E-state index in [4.69, 9.17) is 5.73 Å². The minimum absolute atomic E-state index is 0. The van der Waals surface area contributed by atoms with Gasteiger partial charge < -0.3 is 16.0 Å². The monoisotopic (exact) mass is 458 g/mol. The van der Waals surface area contributed by atoms with Gasteiger partial charge in [-0.25, -0.2) is 0 Å². The topological polar surface area (TPSA) is 53.6 Å². The van der Waals surface area contributed by atoms with Crippen LogP contribution in [0.4, 0.5) is 5.69 Å². The second-order valence-corrected chi connectivity index (χ2v) is 6.72. The third-order valence-corrected chi connectivity index (χ3v) is 4.55. The SMILES string of the molecule is CN(C)c1ccc(CCCN=C(N)NCCc2cccs2)cc1.I. The average molecular weight is 458 g/mol. The van der Waals surface area contributed by atoms with Crippen LogP contribution in [-0.4, -0.2) is 33.1 Å². The number of aliphatic imine (C=N–C) groups is 1. The van der Waals surface area contributed by atoms with Crippen molar-refractivity contribution in [2.24, 2.45) is 10.7 Å². The van der Waals surface area contributed by atoms with E-state index in [-0.39, 0.29) is 24.0 Å². The van der Waals surface area contributed by atoms with Gasteiger partial charge in [0.05, 0.1) is 0 Å². The Kier molecular flexibility index (Phi) is 9.78. The van der Waals surface area contributed by atoms with Crippen molar-refractivity contribution in [3.8, 4) is 0 Å². The third kappa shape index (κ3) is 7.53. The molecule has 1 aromatic carbocycles. The molecule has 0 amide bonds. The number of anilines is 1. The highest BCUT2D eigenvalue weighted by atomic mass is 127. The summed E-state index contributed by atoms with van der Waals surface area (Å²) in [5, 5.41) is 5.26. The second kappa shape index (κ2) is 11.3. The van der Waals surface area contributed by atoms with Crippen LogP contribution in [0.25, 0.3) is 0 Å². The van der Waals surface area contributed by atoms with E-state index in [1.54, 1.807) is 11.3 Å². The number of thiophene rings is 1. The van der Waals surface area contributed by atoms with E-state index in [0.717, 1.165) is 32.4 Å². The quantitative estimate of drug-likeness (QED) is 0.276. The molecule has 1 aromatic heterocycles. The molecule has 0 spiro atoms. The maximum atomic E-state index is 5.88. The van der Waals surface area contributed by atoms with Gasteiger partial charge in [-0.05, 0) is 48.4 Å². The molecule has 0 fully saturated rings. The Morgan fingerprint density at radius 3 is 2.54 bits per heavy atom. The smallest absolute Gasteiger partial charge is 0.188 e. The molecule has 0 saturated carbocycles. The number of rotatable bonds is 8. The summed E-state index contributed by atoms with van der Waals surface area (Å²) in [6.45, 7) is 1.59. The number of benzene rings is 1. The Morgan fingerprint density at radius 2 is 1.92 bits per heavy atom. The molecule has 0 unspecified atom stereocenters. The van der Waals surface area contributed by atoms with Gasteiger partial charge in [0.2, 0.25) is 0 Å². The normalized spacial score (nSPS) is 11.0. The molecule has 0 radical (unpaired) electrons. The molecule has 2 aromatic rings. The van der Waals surface area contributed by atoms with E-state index in [1.807, 2.05) is 0 Å². The molecule has 3 N–H and O–H groups in total. The lowest BCUT2D eigenvalue weighted by molar-refractivity contribution is 0.810. The summed E-state index contributed by atoms with van der Waals surface area (Å²) in [4.78, 5) is 7.86. The molecule has 0 bridgehead atoms. The highest BCUT2D eigenvalue weighted by Crippen LogP contribution is 2.13. The van der Waals surface area contributed by atoms with Crippen LogP contribution in [0.3, 0.4) is 0 Å². The van der Waals surface area contributed by atoms with Crippen LogP contribution in [0, 0.1) is 0 Å². The highest BCUT2D eigenvalue weighted by molar-refractivity contribution is 14.0. The number of guanidine groups is 1. The summed E-state index contributed by atoms with van der Waals surface area (Å²) in [5.41, 5.74) is 8.45. The van der Waals surface area contributed by atoms with E-state index in [9.17, 15) is 0 Å².